The lowest BCUT2D eigenvalue weighted by molar-refractivity contribution is 0.0931. The predicted molar refractivity (Wildman–Crippen MR) is 121 cm³/mol. The van der Waals surface area contributed by atoms with Gasteiger partial charge < -0.3 is 15.5 Å². The number of hydrogen-bond donors (Lipinski definition) is 2. The highest BCUT2D eigenvalue weighted by molar-refractivity contribution is 6.30. The quantitative estimate of drug-likeness (QED) is 0.631. The van der Waals surface area contributed by atoms with Gasteiger partial charge >= 0.3 is 0 Å². The number of benzene rings is 2. The van der Waals surface area contributed by atoms with Crippen LogP contribution in [0.1, 0.15) is 28.8 Å². The minimum Gasteiger partial charge on any atom is -0.349 e. The molecule has 0 unspecified atom stereocenters. The standard InChI is InChI=1S/C23H24ClN5O/c1-16-2-8-19(9-3-16)26-21-10-13-25-23(28-21)29-14-11-20(12-15-29)27-22(30)17-4-6-18(24)7-5-17/h2-10,13,20H,11-12,14-15H2,1H3,(H,27,30)(H,25,26,28). The van der Waals surface area contributed by atoms with E-state index in [-0.39, 0.29) is 11.9 Å². The van der Waals surface area contributed by atoms with E-state index in [1.165, 1.54) is 5.56 Å². The Morgan fingerprint density at radius 2 is 1.73 bits per heavy atom. The molecule has 30 heavy (non-hydrogen) atoms. The van der Waals surface area contributed by atoms with Crippen LogP contribution < -0.4 is 15.5 Å². The molecule has 1 amide bonds. The summed E-state index contributed by atoms with van der Waals surface area (Å²) in [6, 6.07) is 17.1. The van der Waals surface area contributed by atoms with Crippen molar-refractivity contribution in [3.63, 3.8) is 0 Å². The fraction of sp³-hybridized carbons (Fsp3) is 0.261. The van der Waals surface area contributed by atoms with Crippen LogP contribution in [0.4, 0.5) is 17.5 Å². The number of carbonyl (C=O) groups is 1. The minimum absolute atomic E-state index is 0.0642. The van der Waals surface area contributed by atoms with Gasteiger partial charge in [-0.3, -0.25) is 4.79 Å². The van der Waals surface area contributed by atoms with Gasteiger partial charge in [0.15, 0.2) is 0 Å². The summed E-state index contributed by atoms with van der Waals surface area (Å²) in [6.45, 7) is 3.65. The van der Waals surface area contributed by atoms with Crippen molar-refractivity contribution in [2.45, 2.75) is 25.8 Å². The van der Waals surface area contributed by atoms with Gasteiger partial charge in [-0.15, -0.1) is 0 Å². The van der Waals surface area contributed by atoms with Crippen molar-refractivity contribution in [2.75, 3.05) is 23.3 Å². The van der Waals surface area contributed by atoms with Gasteiger partial charge in [-0.05, 0) is 62.2 Å². The van der Waals surface area contributed by atoms with Crippen LogP contribution in [0.25, 0.3) is 0 Å². The van der Waals surface area contributed by atoms with Crippen LogP contribution in [0.2, 0.25) is 5.02 Å². The fourth-order valence-corrected chi connectivity index (χ4v) is 3.57. The van der Waals surface area contributed by atoms with E-state index in [1.807, 2.05) is 18.2 Å². The zero-order chi connectivity index (χ0) is 20.9. The fourth-order valence-electron chi connectivity index (χ4n) is 3.45. The molecule has 1 aliphatic heterocycles. The normalized spacial score (nSPS) is 14.4. The van der Waals surface area contributed by atoms with Crippen LogP contribution in [0.3, 0.4) is 0 Å². The molecule has 1 saturated heterocycles. The highest BCUT2D eigenvalue weighted by atomic mass is 35.5. The summed E-state index contributed by atoms with van der Waals surface area (Å²) < 4.78 is 0. The number of nitrogens with one attached hydrogen (secondary N) is 2. The van der Waals surface area contributed by atoms with Crippen LogP contribution in [0, 0.1) is 6.92 Å². The number of piperidine rings is 1. The smallest absolute Gasteiger partial charge is 0.251 e. The number of nitrogens with zero attached hydrogens (tertiary/aromatic N) is 3. The van der Waals surface area contributed by atoms with E-state index >= 15 is 0 Å². The second-order valence-electron chi connectivity index (χ2n) is 7.47. The van der Waals surface area contributed by atoms with Gasteiger partial charge in [-0.2, -0.15) is 4.98 Å². The van der Waals surface area contributed by atoms with Gasteiger partial charge in [0.25, 0.3) is 5.91 Å². The van der Waals surface area contributed by atoms with Crippen LogP contribution in [-0.2, 0) is 0 Å². The summed E-state index contributed by atoms with van der Waals surface area (Å²) >= 11 is 5.89. The summed E-state index contributed by atoms with van der Waals surface area (Å²) in [5.74, 6) is 1.40. The first-order valence-corrected chi connectivity index (χ1v) is 10.4. The van der Waals surface area contributed by atoms with E-state index in [0.29, 0.717) is 16.5 Å². The maximum atomic E-state index is 12.4. The number of carbonyl (C=O) groups excluding carboxylic acids is 1. The molecule has 7 heteroatoms. The Morgan fingerprint density at radius 1 is 1.03 bits per heavy atom. The van der Waals surface area contributed by atoms with E-state index in [9.17, 15) is 4.79 Å². The van der Waals surface area contributed by atoms with Gasteiger partial charge in [0.05, 0.1) is 0 Å². The van der Waals surface area contributed by atoms with E-state index in [0.717, 1.165) is 37.4 Å². The molecule has 1 aromatic heterocycles. The molecule has 0 saturated carbocycles. The first kappa shape index (κ1) is 20.2. The van der Waals surface area contributed by atoms with Gasteiger partial charge in [0.1, 0.15) is 5.82 Å². The predicted octanol–water partition coefficient (Wildman–Crippen LogP) is 4.58. The molecule has 0 radical (unpaired) electrons. The van der Waals surface area contributed by atoms with Crippen molar-refractivity contribution in [1.29, 1.82) is 0 Å². The molecule has 0 bridgehead atoms. The van der Waals surface area contributed by atoms with Gasteiger partial charge in [0, 0.05) is 41.6 Å². The molecule has 1 fully saturated rings. The molecular weight excluding hydrogens is 398 g/mol. The lowest BCUT2D eigenvalue weighted by Gasteiger charge is -2.32. The van der Waals surface area contributed by atoms with Crippen LogP contribution in [-0.4, -0.2) is 35.0 Å². The Kier molecular flexibility index (Phi) is 6.14. The highest BCUT2D eigenvalue weighted by Gasteiger charge is 2.23. The van der Waals surface area contributed by atoms with Crippen LogP contribution >= 0.6 is 11.6 Å². The highest BCUT2D eigenvalue weighted by Crippen LogP contribution is 2.20. The van der Waals surface area contributed by atoms with Crippen molar-refractivity contribution >= 4 is 35.0 Å². The van der Waals surface area contributed by atoms with Crippen LogP contribution in [0.15, 0.2) is 60.8 Å². The molecule has 3 aromatic rings. The third-order valence-corrected chi connectivity index (χ3v) is 5.44. The van der Waals surface area contributed by atoms with Crippen molar-refractivity contribution in [3.05, 3.63) is 76.9 Å². The Hall–Kier alpha value is -3.12. The largest absolute Gasteiger partial charge is 0.349 e. The number of amides is 1. The molecule has 0 aliphatic carbocycles. The summed E-state index contributed by atoms with van der Waals surface area (Å²) in [4.78, 5) is 23.7. The third-order valence-electron chi connectivity index (χ3n) is 5.19. The Balaban J connectivity index is 1.33. The average molecular weight is 422 g/mol. The number of anilines is 3. The van der Waals surface area contributed by atoms with Gasteiger partial charge in [-0.25, -0.2) is 4.98 Å². The van der Waals surface area contributed by atoms with Crippen LogP contribution in [0.5, 0.6) is 0 Å². The zero-order valence-electron chi connectivity index (χ0n) is 16.8. The topological polar surface area (TPSA) is 70.2 Å². The molecule has 0 spiro atoms. The molecule has 1 aliphatic rings. The number of aryl methyl sites for hydroxylation is 1. The summed E-state index contributed by atoms with van der Waals surface area (Å²) in [7, 11) is 0. The average Bonchev–Trinajstić information content (AvgIpc) is 2.76. The number of hydrogen-bond acceptors (Lipinski definition) is 5. The lowest BCUT2D eigenvalue weighted by Crippen LogP contribution is -2.45. The Morgan fingerprint density at radius 3 is 2.43 bits per heavy atom. The summed E-state index contributed by atoms with van der Waals surface area (Å²) in [5, 5.41) is 7.06. The molecule has 2 aromatic carbocycles. The molecular formula is C23H24ClN5O. The minimum atomic E-state index is -0.0642. The van der Waals surface area contributed by atoms with Gasteiger partial charge in [0.2, 0.25) is 5.95 Å². The van der Waals surface area contributed by atoms with Crippen molar-refractivity contribution < 1.29 is 4.79 Å². The van der Waals surface area contributed by atoms with Crippen molar-refractivity contribution in [3.8, 4) is 0 Å². The molecule has 154 valence electrons. The van der Waals surface area contributed by atoms with Crippen molar-refractivity contribution in [1.82, 2.24) is 15.3 Å². The number of rotatable bonds is 5. The second kappa shape index (κ2) is 9.13. The first-order valence-electron chi connectivity index (χ1n) is 10.0. The SMILES string of the molecule is Cc1ccc(Nc2ccnc(N3CCC(NC(=O)c4ccc(Cl)cc4)CC3)n2)cc1. The summed E-state index contributed by atoms with van der Waals surface area (Å²) in [5.41, 5.74) is 2.84. The van der Waals surface area contributed by atoms with E-state index < -0.39 is 0 Å². The molecule has 6 nitrogen and oxygen atoms in total. The Labute approximate surface area is 181 Å². The summed E-state index contributed by atoms with van der Waals surface area (Å²) in [6.07, 6.45) is 3.46. The van der Waals surface area contributed by atoms with Gasteiger partial charge in [-0.1, -0.05) is 29.3 Å². The maximum Gasteiger partial charge on any atom is 0.251 e. The van der Waals surface area contributed by atoms with E-state index in [2.05, 4.69) is 44.6 Å². The molecule has 4 rings (SSSR count). The molecule has 2 heterocycles. The first-order chi connectivity index (χ1) is 14.6. The lowest BCUT2D eigenvalue weighted by atomic mass is 10.0. The van der Waals surface area contributed by atoms with E-state index in [1.54, 1.807) is 30.5 Å². The third kappa shape index (κ3) is 5.07. The monoisotopic (exact) mass is 421 g/mol. The molecule has 0 atom stereocenters. The van der Waals surface area contributed by atoms with E-state index in [4.69, 9.17) is 11.6 Å². The number of aromatic nitrogens is 2. The Bertz CT molecular complexity index is 999. The van der Waals surface area contributed by atoms with Crippen molar-refractivity contribution in [2.24, 2.45) is 0 Å². The maximum absolute atomic E-state index is 12.4. The second-order valence-corrected chi connectivity index (χ2v) is 7.91. The zero-order valence-corrected chi connectivity index (χ0v) is 17.6. The number of halogens is 1. The molecule has 2 N–H and O–H groups in total.